The SMILES string of the molecule is NCC1CCCN1C(=O)CCN1c2ccccc2Sc2ccccc21. The first kappa shape index (κ1) is 16.5. The molecule has 2 aromatic rings. The van der Waals surface area contributed by atoms with Crippen LogP contribution in [0.25, 0.3) is 0 Å². The van der Waals surface area contributed by atoms with Gasteiger partial charge < -0.3 is 15.5 Å². The van der Waals surface area contributed by atoms with Crippen LogP contribution in [0.4, 0.5) is 11.4 Å². The molecule has 1 atom stereocenters. The molecule has 4 nitrogen and oxygen atoms in total. The van der Waals surface area contributed by atoms with Gasteiger partial charge in [0.1, 0.15) is 0 Å². The molecule has 4 rings (SSSR count). The van der Waals surface area contributed by atoms with Crippen LogP contribution < -0.4 is 10.6 Å². The third-order valence-electron chi connectivity index (χ3n) is 5.05. The lowest BCUT2D eigenvalue weighted by Crippen LogP contribution is -2.41. The van der Waals surface area contributed by atoms with Crippen LogP contribution in [-0.2, 0) is 4.79 Å². The lowest BCUT2D eigenvalue weighted by atomic mass is 10.2. The standard InChI is InChI=1S/C20H23N3OS/c21-14-15-6-5-12-22(15)20(24)11-13-23-16-7-1-3-9-18(16)25-19-10-4-2-8-17(19)23/h1-4,7-10,15H,5-6,11-14,21H2. The van der Waals surface area contributed by atoms with Crippen molar-refractivity contribution >= 4 is 29.0 Å². The van der Waals surface area contributed by atoms with Crippen molar-refractivity contribution in [1.29, 1.82) is 0 Å². The Labute approximate surface area is 153 Å². The topological polar surface area (TPSA) is 49.6 Å². The molecule has 2 aliphatic heterocycles. The van der Waals surface area contributed by atoms with Crippen molar-refractivity contribution < 1.29 is 4.79 Å². The van der Waals surface area contributed by atoms with E-state index in [2.05, 4.69) is 53.4 Å². The number of fused-ring (bicyclic) bond motifs is 2. The predicted octanol–water partition coefficient (Wildman–Crippen LogP) is 3.63. The third-order valence-corrected chi connectivity index (χ3v) is 6.18. The van der Waals surface area contributed by atoms with Crippen molar-refractivity contribution in [3.8, 4) is 0 Å². The second-order valence-electron chi connectivity index (χ2n) is 6.56. The summed E-state index contributed by atoms with van der Waals surface area (Å²) >= 11 is 1.80. The summed E-state index contributed by atoms with van der Waals surface area (Å²) in [5, 5.41) is 0. The number of nitrogens with two attached hydrogens (primary N) is 1. The second kappa shape index (κ2) is 7.10. The van der Waals surface area contributed by atoms with Gasteiger partial charge in [-0.25, -0.2) is 0 Å². The molecule has 1 saturated heterocycles. The largest absolute Gasteiger partial charge is 0.339 e. The van der Waals surface area contributed by atoms with Gasteiger partial charge in [-0.15, -0.1) is 0 Å². The molecule has 2 aliphatic rings. The van der Waals surface area contributed by atoms with Crippen LogP contribution in [0.3, 0.4) is 0 Å². The number of anilines is 2. The van der Waals surface area contributed by atoms with E-state index in [0.717, 1.165) is 19.4 Å². The van der Waals surface area contributed by atoms with Gasteiger partial charge in [-0.05, 0) is 37.1 Å². The molecule has 1 unspecified atom stereocenters. The van der Waals surface area contributed by atoms with Crippen LogP contribution >= 0.6 is 11.8 Å². The van der Waals surface area contributed by atoms with E-state index in [1.807, 2.05) is 4.90 Å². The summed E-state index contributed by atoms with van der Waals surface area (Å²) in [5.74, 6) is 0.223. The second-order valence-corrected chi connectivity index (χ2v) is 7.64. The summed E-state index contributed by atoms with van der Waals surface area (Å²) in [4.78, 5) is 19.5. The van der Waals surface area contributed by atoms with Crippen molar-refractivity contribution in [3.63, 3.8) is 0 Å². The van der Waals surface area contributed by atoms with Crippen LogP contribution in [0.1, 0.15) is 19.3 Å². The number of hydrogen-bond acceptors (Lipinski definition) is 4. The van der Waals surface area contributed by atoms with Gasteiger partial charge in [0.2, 0.25) is 5.91 Å². The van der Waals surface area contributed by atoms with E-state index in [4.69, 9.17) is 5.73 Å². The Morgan fingerprint density at radius 2 is 1.72 bits per heavy atom. The van der Waals surface area contributed by atoms with Crippen molar-refractivity contribution in [2.24, 2.45) is 5.73 Å². The van der Waals surface area contributed by atoms with Gasteiger partial charge in [-0.1, -0.05) is 36.0 Å². The minimum Gasteiger partial charge on any atom is -0.339 e. The molecule has 2 heterocycles. The first-order valence-electron chi connectivity index (χ1n) is 8.91. The maximum Gasteiger partial charge on any atom is 0.224 e. The number of likely N-dealkylation sites (tertiary alicyclic amines) is 1. The normalized spacial score (nSPS) is 18.8. The Morgan fingerprint density at radius 1 is 1.08 bits per heavy atom. The van der Waals surface area contributed by atoms with Crippen molar-refractivity contribution in [1.82, 2.24) is 4.90 Å². The maximum atomic E-state index is 12.7. The van der Waals surface area contributed by atoms with E-state index >= 15 is 0 Å². The molecule has 1 fully saturated rings. The summed E-state index contributed by atoms with van der Waals surface area (Å²) in [5.41, 5.74) is 8.20. The molecule has 2 N–H and O–H groups in total. The van der Waals surface area contributed by atoms with E-state index in [0.29, 0.717) is 19.5 Å². The molecule has 1 amide bonds. The number of nitrogens with zero attached hydrogens (tertiary/aromatic N) is 2. The van der Waals surface area contributed by atoms with Crippen LogP contribution in [0.15, 0.2) is 58.3 Å². The average molecular weight is 353 g/mol. The molecule has 25 heavy (non-hydrogen) atoms. The number of benzene rings is 2. The van der Waals surface area contributed by atoms with Gasteiger partial charge in [-0.3, -0.25) is 4.79 Å². The minimum absolute atomic E-state index is 0.223. The molecule has 0 bridgehead atoms. The van der Waals surface area contributed by atoms with Crippen LogP contribution in [-0.4, -0.2) is 36.5 Å². The fraction of sp³-hybridized carbons (Fsp3) is 0.350. The maximum absolute atomic E-state index is 12.7. The lowest BCUT2D eigenvalue weighted by molar-refractivity contribution is -0.131. The van der Waals surface area contributed by atoms with Gasteiger partial charge in [0.05, 0.1) is 11.4 Å². The highest BCUT2D eigenvalue weighted by Gasteiger charge is 2.29. The molecule has 0 aliphatic carbocycles. The number of carbonyl (C=O) groups is 1. The van der Waals surface area contributed by atoms with E-state index in [1.165, 1.54) is 21.2 Å². The number of para-hydroxylation sites is 2. The van der Waals surface area contributed by atoms with Gasteiger partial charge in [0.15, 0.2) is 0 Å². The number of hydrogen-bond donors (Lipinski definition) is 1. The molecule has 0 saturated carbocycles. The Bertz CT molecular complexity index is 734. The Kier molecular flexibility index (Phi) is 4.68. The fourth-order valence-corrected chi connectivity index (χ4v) is 4.88. The van der Waals surface area contributed by atoms with Crippen molar-refractivity contribution in [3.05, 3.63) is 48.5 Å². The molecule has 130 valence electrons. The first-order valence-corrected chi connectivity index (χ1v) is 9.72. The van der Waals surface area contributed by atoms with E-state index in [1.54, 1.807) is 11.8 Å². The molecule has 0 radical (unpaired) electrons. The van der Waals surface area contributed by atoms with Gasteiger partial charge in [-0.2, -0.15) is 0 Å². The first-order chi connectivity index (χ1) is 12.3. The molecule has 0 aromatic heterocycles. The zero-order valence-electron chi connectivity index (χ0n) is 14.2. The molecule has 2 aromatic carbocycles. The fourth-order valence-electron chi connectivity index (χ4n) is 3.78. The smallest absolute Gasteiger partial charge is 0.224 e. The zero-order valence-corrected chi connectivity index (χ0v) is 15.0. The van der Waals surface area contributed by atoms with Gasteiger partial charge in [0, 0.05) is 41.9 Å². The van der Waals surface area contributed by atoms with Gasteiger partial charge >= 0.3 is 0 Å². The summed E-state index contributed by atoms with van der Waals surface area (Å²) < 4.78 is 0. The van der Waals surface area contributed by atoms with E-state index < -0.39 is 0 Å². The minimum atomic E-state index is 0.223. The molecule has 0 spiro atoms. The van der Waals surface area contributed by atoms with E-state index in [-0.39, 0.29) is 11.9 Å². The summed E-state index contributed by atoms with van der Waals surface area (Å²) in [7, 11) is 0. The van der Waals surface area contributed by atoms with Crippen LogP contribution in [0, 0.1) is 0 Å². The Balaban J connectivity index is 1.55. The highest BCUT2D eigenvalue weighted by molar-refractivity contribution is 7.99. The number of rotatable bonds is 4. The quantitative estimate of drug-likeness (QED) is 0.912. The number of amides is 1. The summed E-state index contributed by atoms with van der Waals surface area (Å²) in [6.07, 6.45) is 2.62. The predicted molar refractivity (Wildman–Crippen MR) is 102 cm³/mol. The lowest BCUT2D eigenvalue weighted by Gasteiger charge is -2.33. The summed E-state index contributed by atoms with van der Waals surface area (Å²) in [6.45, 7) is 2.11. The van der Waals surface area contributed by atoms with Crippen LogP contribution in [0.2, 0.25) is 0 Å². The number of carbonyl (C=O) groups excluding carboxylic acids is 1. The Hall–Kier alpha value is -1.98. The zero-order chi connectivity index (χ0) is 17.2. The Morgan fingerprint density at radius 3 is 2.36 bits per heavy atom. The van der Waals surface area contributed by atoms with E-state index in [9.17, 15) is 4.79 Å². The molecule has 5 heteroatoms. The molecular formula is C20H23N3OS. The average Bonchev–Trinajstić information content (AvgIpc) is 3.13. The van der Waals surface area contributed by atoms with Crippen LogP contribution in [0.5, 0.6) is 0 Å². The van der Waals surface area contributed by atoms with Gasteiger partial charge in [0.25, 0.3) is 0 Å². The van der Waals surface area contributed by atoms with Crippen molar-refractivity contribution in [2.75, 3.05) is 24.5 Å². The summed E-state index contributed by atoms with van der Waals surface area (Å²) in [6, 6.07) is 17.1. The third kappa shape index (κ3) is 3.14. The highest BCUT2D eigenvalue weighted by atomic mass is 32.2. The molecular weight excluding hydrogens is 330 g/mol. The van der Waals surface area contributed by atoms with Crippen molar-refractivity contribution in [2.45, 2.75) is 35.1 Å². The highest BCUT2D eigenvalue weighted by Crippen LogP contribution is 2.47. The monoisotopic (exact) mass is 353 g/mol.